The van der Waals surface area contributed by atoms with Crippen LogP contribution in [-0.2, 0) is 13.0 Å². The molecule has 5 N–H and O–H groups in total. The zero-order chi connectivity index (χ0) is 27.7. The fourth-order valence-corrected chi connectivity index (χ4v) is 5.15. The van der Waals surface area contributed by atoms with E-state index in [1.165, 1.54) is 11.3 Å². The Labute approximate surface area is 235 Å². The van der Waals surface area contributed by atoms with Gasteiger partial charge in [-0.2, -0.15) is 5.26 Å². The van der Waals surface area contributed by atoms with Crippen LogP contribution in [0.4, 0.5) is 17.1 Å². The summed E-state index contributed by atoms with van der Waals surface area (Å²) in [5, 5.41) is 18.0. The Bertz CT molecular complexity index is 1670. The fraction of sp³-hybridized carbons (Fsp3) is 0.138. The van der Waals surface area contributed by atoms with E-state index >= 15 is 0 Å². The molecule has 3 heterocycles. The van der Waals surface area contributed by atoms with Crippen molar-refractivity contribution in [2.75, 3.05) is 16.8 Å². The van der Waals surface area contributed by atoms with Crippen LogP contribution < -0.4 is 21.3 Å². The van der Waals surface area contributed by atoms with Crippen LogP contribution in [0.5, 0.6) is 0 Å². The number of benzene rings is 2. The molecule has 0 atom stereocenters. The monoisotopic (exact) mass is 549 g/mol. The number of fused-ring (bicyclic) bond motifs is 1. The number of H-pyrrole nitrogens is 1. The minimum Gasteiger partial charge on any atom is -0.365 e. The number of imidazole rings is 1. The molecule has 10 nitrogen and oxygen atoms in total. The van der Waals surface area contributed by atoms with Crippen LogP contribution in [0.15, 0.2) is 89.6 Å². The molecule has 0 aliphatic rings. The van der Waals surface area contributed by atoms with Crippen molar-refractivity contribution in [1.29, 1.82) is 5.26 Å². The fourth-order valence-electron chi connectivity index (χ4n) is 4.40. The standard InChI is InChI=1S/C29H27N9OS/c30-19-36-29(35-12-4-9-26-33-14-15-34-26)37-21-5-3-6-22(17-21)38(25-11-16-40-27(25)28(31)39)18-20-10-13-32-24-8-2-1-7-23(20)24/h1-3,5-8,10-11,13-17H,4,9,12,18H2,(H2,31,39)(H,33,34)(H2,35,36,37). The van der Waals surface area contributed by atoms with Gasteiger partial charge in [-0.15, -0.1) is 11.3 Å². The van der Waals surface area contributed by atoms with Crippen molar-refractivity contribution in [3.63, 3.8) is 0 Å². The van der Waals surface area contributed by atoms with E-state index in [-0.39, 0.29) is 0 Å². The molecule has 200 valence electrons. The molecule has 40 heavy (non-hydrogen) atoms. The van der Waals surface area contributed by atoms with E-state index in [2.05, 4.69) is 35.5 Å². The molecule has 0 bridgehead atoms. The molecule has 0 saturated heterocycles. The molecule has 0 saturated carbocycles. The van der Waals surface area contributed by atoms with Gasteiger partial charge < -0.3 is 20.9 Å². The third kappa shape index (κ3) is 6.25. The maximum Gasteiger partial charge on any atom is 0.260 e. The van der Waals surface area contributed by atoms with Gasteiger partial charge >= 0.3 is 0 Å². The van der Waals surface area contributed by atoms with Crippen LogP contribution in [0.25, 0.3) is 10.9 Å². The summed E-state index contributed by atoms with van der Waals surface area (Å²) < 4.78 is 0. The Morgan fingerprint density at radius 1 is 1.12 bits per heavy atom. The number of thiophene rings is 1. The lowest BCUT2D eigenvalue weighted by molar-refractivity contribution is 0.100. The topological polar surface area (TPSA) is 148 Å². The number of aromatic nitrogens is 3. The van der Waals surface area contributed by atoms with Crippen LogP contribution in [0, 0.1) is 11.5 Å². The van der Waals surface area contributed by atoms with Crippen molar-refractivity contribution in [3.05, 3.63) is 101 Å². The first kappa shape index (κ1) is 26.4. The second-order valence-electron chi connectivity index (χ2n) is 8.85. The number of aryl methyl sites for hydroxylation is 1. The molecule has 0 spiro atoms. The van der Waals surface area contributed by atoms with Crippen molar-refractivity contribution in [1.82, 2.24) is 20.3 Å². The molecule has 0 aliphatic carbocycles. The predicted octanol–water partition coefficient (Wildman–Crippen LogP) is 4.93. The largest absolute Gasteiger partial charge is 0.365 e. The number of rotatable bonds is 10. The number of pyridine rings is 1. The van der Waals surface area contributed by atoms with E-state index in [9.17, 15) is 10.1 Å². The smallest absolute Gasteiger partial charge is 0.260 e. The Kier molecular flexibility index (Phi) is 8.29. The number of carbonyl (C=O) groups is 1. The third-order valence-electron chi connectivity index (χ3n) is 6.22. The summed E-state index contributed by atoms with van der Waals surface area (Å²) in [5.74, 6) is 0.765. The average molecular weight is 550 g/mol. The first-order valence-corrected chi connectivity index (χ1v) is 13.5. The Balaban J connectivity index is 1.43. The lowest BCUT2D eigenvalue weighted by atomic mass is 10.1. The molecule has 11 heteroatoms. The number of anilines is 3. The molecule has 0 aliphatic heterocycles. The van der Waals surface area contributed by atoms with Gasteiger partial charge in [0.25, 0.3) is 5.91 Å². The van der Waals surface area contributed by atoms with E-state index in [0.29, 0.717) is 23.9 Å². The quantitative estimate of drug-likeness (QED) is 0.0635. The molecular weight excluding hydrogens is 522 g/mol. The summed E-state index contributed by atoms with van der Waals surface area (Å²) in [4.78, 5) is 31.1. The summed E-state index contributed by atoms with van der Waals surface area (Å²) in [7, 11) is 0. The molecule has 2 aromatic carbocycles. The van der Waals surface area contributed by atoms with Gasteiger partial charge in [-0.3, -0.25) is 20.1 Å². The number of primary amides is 1. The highest BCUT2D eigenvalue weighted by Crippen LogP contribution is 2.35. The SMILES string of the molecule is N#CNC(=NCCCc1ncc[nH]1)Nc1cccc(N(Cc2ccnc3ccccc23)c2ccsc2C(N)=O)c1. The third-order valence-corrected chi connectivity index (χ3v) is 7.14. The zero-order valence-electron chi connectivity index (χ0n) is 21.5. The van der Waals surface area contributed by atoms with Crippen molar-refractivity contribution in [2.24, 2.45) is 10.7 Å². The number of amides is 1. The maximum absolute atomic E-state index is 12.3. The zero-order valence-corrected chi connectivity index (χ0v) is 22.4. The lowest BCUT2D eigenvalue weighted by Gasteiger charge is -2.26. The van der Waals surface area contributed by atoms with Crippen molar-refractivity contribution < 1.29 is 4.79 Å². The van der Waals surface area contributed by atoms with Crippen LogP contribution in [0.2, 0.25) is 0 Å². The van der Waals surface area contributed by atoms with Gasteiger partial charge in [0.15, 0.2) is 6.19 Å². The van der Waals surface area contributed by atoms with Crippen LogP contribution >= 0.6 is 11.3 Å². The molecular formula is C29H27N9OS. The lowest BCUT2D eigenvalue weighted by Crippen LogP contribution is -2.27. The van der Waals surface area contributed by atoms with Gasteiger partial charge in [-0.1, -0.05) is 24.3 Å². The van der Waals surface area contributed by atoms with Gasteiger partial charge in [0.2, 0.25) is 5.96 Å². The van der Waals surface area contributed by atoms with Crippen LogP contribution in [-0.4, -0.2) is 33.4 Å². The summed E-state index contributed by atoms with van der Waals surface area (Å²) in [6.07, 6.45) is 8.77. The van der Waals surface area contributed by atoms with E-state index in [4.69, 9.17) is 5.73 Å². The van der Waals surface area contributed by atoms with Gasteiger partial charge in [0.1, 0.15) is 10.7 Å². The summed E-state index contributed by atoms with van der Waals surface area (Å²) in [5.41, 5.74) is 9.97. The number of nitrogens with zero attached hydrogens (tertiary/aromatic N) is 5. The summed E-state index contributed by atoms with van der Waals surface area (Å²) in [6, 6.07) is 19.6. The highest BCUT2D eigenvalue weighted by Gasteiger charge is 2.20. The van der Waals surface area contributed by atoms with Gasteiger partial charge in [0.05, 0.1) is 11.2 Å². The molecule has 0 fully saturated rings. The number of hydrogen-bond acceptors (Lipinski definition) is 7. The molecule has 1 amide bonds. The normalized spacial score (nSPS) is 11.2. The first-order valence-electron chi connectivity index (χ1n) is 12.6. The van der Waals surface area contributed by atoms with Gasteiger partial charge in [0, 0.05) is 54.9 Å². The maximum atomic E-state index is 12.3. The number of nitrogens with one attached hydrogen (secondary N) is 3. The molecule has 0 radical (unpaired) electrons. The van der Waals surface area contributed by atoms with Crippen LogP contribution in [0.3, 0.4) is 0 Å². The first-order chi connectivity index (χ1) is 19.6. The van der Waals surface area contributed by atoms with Crippen molar-refractivity contribution in [3.8, 4) is 6.19 Å². The number of aromatic amines is 1. The second kappa shape index (κ2) is 12.6. The Morgan fingerprint density at radius 2 is 2.02 bits per heavy atom. The minimum atomic E-state index is -0.481. The molecule has 5 rings (SSSR count). The van der Waals surface area contributed by atoms with E-state index in [1.54, 1.807) is 18.6 Å². The summed E-state index contributed by atoms with van der Waals surface area (Å²) in [6.45, 7) is 0.989. The number of hydrogen-bond donors (Lipinski definition) is 4. The number of para-hydroxylation sites is 1. The second-order valence-corrected chi connectivity index (χ2v) is 9.77. The van der Waals surface area contributed by atoms with Crippen molar-refractivity contribution in [2.45, 2.75) is 19.4 Å². The predicted molar refractivity (Wildman–Crippen MR) is 158 cm³/mol. The van der Waals surface area contributed by atoms with E-state index in [1.807, 2.05) is 72.2 Å². The Hall–Kier alpha value is -5.21. The number of nitriles is 1. The summed E-state index contributed by atoms with van der Waals surface area (Å²) >= 11 is 1.31. The van der Waals surface area contributed by atoms with E-state index in [0.717, 1.165) is 52.2 Å². The van der Waals surface area contributed by atoms with Gasteiger partial charge in [-0.05, 0) is 53.8 Å². The number of aliphatic imine (C=N–C) groups is 1. The highest BCUT2D eigenvalue weighted by atomic mass is 32.1. The number of guanidine groups is 1. The molecule has 5 aromatic rings. The Morgan fingerprint density at radius 3 is 2.85 bits per heavy atom. The van der Waals surface area contributed by atoms with Crippen LogP contribution in [0.1, 0.15) is 27.5 Å². The molecule has 3 aromatic heterocycles. The highest BCUT2D eigenvalue weighted by molar-refractivity contribution is 7.12. The minimum absolute atomic E-state index is 0.346. The molecule has 0 unspecified atom stereocenters. The number of nitrogens with two attached hydrogens (primary N) is 1. The van der Waals surface area contributed by atoms with Gasteiger partial charge in [-0.25, -0.2) is 4.98 Å². The average Bonchev–Trinajstić information content (AvgIpc) is 3.67. The van der Waals surface area contributed by atoms with Crippen molar-refractivity contribution >= 4 is 51.2 Å². The van der Waals surface area contributed by atoms with E-state index < -0.39 is 5.91 Å². The number of carbonyl (C=O) groups excluding carboxylic acids is 1.